The zero-order valence-electron chi connectivity index (χ0n) is 12.8. The van der Waals surface area contributed by atoms with Crippen molar-refractivity contribution in [2.24, 2.45) is 0 Å². The van der Waals surface area contributed by atoms with E-state index in [-0.39, 0.29) is 12.1 Å². The van der Waals surface area contributed by atoms with Gasteiger partial charge in [-0.1, -0.05) is 0 Å². The topological polar surface area (TPSA) is 79.3 Å². The van der Waals surface area contributed by atoms with Crippen molar-refractivity contribution in [1.82, 2.24) is 9.80 Å². The minimum atomic E-state index is -0.957. The van der Waals surface area contributed by atoms with E-state index in [0.717, 1.165) is 5.75 Å². The molecule has 0 spiro atoms. The first kappa shape index (κ1) is 18.1. The van der Waals surface area contributed by atoms with E-state index in [4.69, 9.17) is 9.47 Å². The van der Waals surface area contributed by atoms with Crippen LogP contribution in [0.15, 0.2) is 0 Å². The van der Waals surface area contributed by atoms with Gasteiger partial charge in [0.05, 0.1) is 19.3 Å². The van der Waals surface area contributed by atoms with Gasteiger partial charge < -0.3 is 24.4 Å². The van der Waals surface area contributed by atoms with Gasteiger partial charge in [-0.3, -0.25) is 0 Å². The van der Waals surface area contributed by atoms with Crippen LogP contribution in [0, 0.1) is 0 Å². The maximum atomic E-state index is 12.7. The highest BCUT2D eigenvalue weighted by Crippen LogP contribution is 2.19. The van der Waals surface area contributed by atoms with Gasteiger partial charge in [-0.2, -0.15) is 11.8 Å². The number of nitrogens with zero attached hydrogens (tertiary/aromatic N) is 2. The van der Waals surface area contributed by atoms with Crippen LogP contribution in [0.4, 0.5) is 4.79 Å². The van der Waals surface area contributed by atoms with Gasteiger partial charge in [-0.15, -0.1) is 0 Å². The van der Waals surface area contributed by atoms with E-state index in [1.54, 1.807) is 30.9 Å². The molecule has 2 unspecified atom stereocenters. The smallest absolute Gasteiger partial charge is 0.327 e. The highest BCUT2D eigenvalue weighted by atomic mass is 32.2. The molecule has 0 radical (unpaired) electrons. The number of hydrogen-bond acceptors (Lipinski definition) is 5. The molecule has 0 bridgehead atoms. The van der Waals surface area contributed by atoms with Crippen molar-refractivity contribution in [3.63, 3.8) is 0 Å². The predicted octanol–water partition coefficient (Wildman–Crippen LogP) is 0.592. The van der Waals surface area contributed by atoms with Crippen LogP contribution in [0.2, 0.25) is 0 Å². The minimum absolute atomic E-state index is 0.137. The molecule has 0 saturated carbocycles. The summed E-state index contributed by atoms with van der Waals surface area (Å²) in [5, 5.41) is 9.28. The molecule has 1 N–H and O–H groups in total. The third-order valence-electron chi connectivity index (χ3n) is 3.38. The quantitative estimate of drug-likeness (QED) is 0.740. The maximum Gasteiger partial charge on any atom is 0.327 e. The number of urea groups is 1. The summed E-state index contributed by atoms with van der Waals surface area (Å²) in [5.41, 5.74) is 0. The Balaban J connectivity index is 2.83. The Hall–Kier alpha value is -0.990. The molecular weight excluding hydrogens is 296 g/mol. The Kier molecular flexibility index (Phi) is 7.84. The largest absolute Gasteiger partial charge is 0.480 e. The van der Waals surface area contributed by atoms with Crippen LogP contribution < -0.4 is 0 Å². The third kappa shape index (κ3) is 5.05. The number of methoxy groups -OCH3 is 2. The number of carboxylic acids is 1. The molecule has 0 aromatic heterocycles. The van der Waals surface area contributed by atoms with Gasteiger partial charge in [0.15, 0.2) is 0 Å². The Morgan fingerprint density at radius 2 is 2.14 bits per heavy atom. The Morgan fingerprint density at radius 1 is 1.43 bits per heavy atom. The summed E-state index contributed by atoms with van der Waals surface area (Å²) in [5.74, 6) is 0.228. The van der Waals surface area contributed by atoms with Gasteiger partial charge in [-0.25, -0.2) is 9.59 Å². The molecular formula is C13H24N2O5S. The zero-order valence-corrected chi connectivity index (χ0v) is 13.6. The van der Waals surface area contributed by atoms with Gasteiger partial charge in [0.25, 0.3) is 0 Å². The zero-order chi connectivity index (χ0) is 15.8. The van der Waals surface area contributed by atoms with Gasteiger partial charge in [0, 0.05) is 38.8 Å². The van der Waals surface area contributed by atoms with Gasteiger partial charge in [0.1, 0.15) is 6.04 Å². The van der Waals surface area contributed by atoms with Crippen molar-refractivity contribution in [2.75, 3.05) is 52.0 Å². The van der Waals surface area contributed by atoms with Crippen LogP contribution in [-0.2, 0) is 14.3 Å². The highest BCUT2D eigenvalue weighted by molar-refractivity contribution is 7.99. The van der Waals surface area contributed by atoms with Crippen molar-refractivity contribution < 1.29 is 24.2 Å². The molecule has 1 saturated heterocycles. The normalized spacial score (nSPS) is 20.1. The predicted molar refractivity (Wildman–Crippen MR) is 80.8 cm³/mol. The van der Waals surface area contributed by atoms with Crippen molar-refractivity contribution in [1.29, 1.82) is 0 Å². The third-order valence-corrected chi connectivity index (χ3v) is 4.40. The van der Waals surface area contributed by atoms with E-state index in [9.17, 15) is 14.7 Å². The van der Waals surface area contributed by atoms with Crippen LogP contribution >= 0.6 is 11.8 Å². The highest BCUT2D eigenvalue weighted by Gasteiger charge is 2.35. The number of carboxylic acid groups (broad SMARTS) is 1. The molecule has 1 rings (SSSR count). The molecule has 0 aromatic carbocycles. The Labute approximate surface area is 129 Å². The standard InChI is InChI=1S/C13H24N2O5S/c1-10(8-20-3)14(4-6-19-2)13(18)15-5-7-21-9-11(15)12(16)17/h10-11H,4-9H2,1-3H3,(H,16,17). The average molecular weight is 320 g/mol. The fourth-order valence-corrected chi connectivity index (χ4v) is 3.27. The maximum absolute atomic E-state index is 12.7. The lowest BCUT2D eigenvalue weighted by Crippen LogP contribution is -2.57. The van der Waals surface area contributed by atoms with Crippen molar-refractivity contribution >= 4 is 23.8 Å². The number of thioether (sulfide) groups is 1. The second kappa shape index (κ2) is 9.11. The number of aliphatic carboxylic acids is 1. The average Bonchev–Trinajstić information content (AvgIpc) is 2.47. The molecule has 7 nitrogen and oxygen atoms in total. The van der Waals surface area contributed by atoms with Crippen molar-refractivity contribution in [3.05, 3.63) is 0 Å². The molecule has 0 aliphatic carbocycles. The summed E-state index contributed by atoms with van der Waals surface area (Å²) < 4.78 is 10.1. The molecule has 0 aromatic rings. The first-order valence-electron chi connectivity index (χ1n) is 6.88. The molecule has 21 heavy (non-hydrogen) atoms. The number of hydrogen-bond donors (Lipinski definition) is 1. The summed E-state index contributed by atoms with van der Waals surface area (Å²) >= 11 is 1.56. The van der Waals surface area contributed by atoms with Crippen LogP contribution in [0.5, 0.6) is 0 Å². The number of rotatable bonds is 7. The van der Waals surface area contributed by atoms with Gasteiger partial charge >= 0.3 is 12.0 Å². The molecule has 8 heteroatoms. The number of carbonyl (C=O) groups excluding carboxylic acids is 1. The number of ether oxygens (including phenoxy) is 2. The van der Waals surface area contributed by atoms with E-state index in [0.29, 0.717) is 32.1 Å². The second-order valence-electron chi connectivity index (χ2n) is 4.90. The van der Waals surface area contributed by atoms with E-state index < -0.39 is 12.0 Å². The molecule has 2 atom stereocenters. The molecule has 2 amide bonds. The van der Waals surface area contributed by atoms with Crippen LogP contribution in [0.1, 0.15) is 6.92 Å². The first-order valence-corrected chi connectivity index (χ1v) is 8.04. The lowest BCUT2D eigenvalue weighted by Gasteiger charge is -2.38. The molecule has 1 fully saturated rings. The summed E-state index contributed by atoms with van der Waals surface area (Å²) in [4.78, 5) is 27.1. The number of amides is 2. The fourth-order valence-electron chi connectivity index (χ4n) is 2.23. The molecule has 1 heterocycles. The van der Waals surface area contributed by atoms with Crippen LogP contribution in [-0.4, -0.2) is 91.0 Å². The SMILES string of the molecule is COCCN(C(=O)N1CCSCC1C(=O)O)C(C)COC. The van der Waals surface area contributed by atoms with E-state index in [2.05, 4.69) is 0 Å². The van der Waals surface area contributed by atoms with Crippen molar-refractivity contribution in [2.45, 2.75) is 19.0 Å². The summed E-state index contributed by atoms with van der Waals surface area (Å²) in [6.07, 6.45) is 0. The fraction of sp³-hybridized carbons (Fsp3) is 0.846. The Morgan fingerprint density at radius 3 is 2.71 bits per heavy atom. The van der Waals surface area contributed by atoms with Gasteiger partial charge in [0.2, 0.25) is 0 Å². The molecule has 1 aliphatic heterocycles. The molecule has 122 valence electrons. The van der Waals surface area contributed by atoms with Crippen LogP contribution in [0.3, 0.4) is 0 Å². The van der Waals surface area contributed by atoms with E-state index in [1.807, 2.05) is 6.92 Å². The second-order valence-corrected chi connectivity index (χ2v) is 6.05. The summed E-state index contributed by atoms with van der Waals surface area (Å²) in [7, 11) is 3.15. The molecule has 1 aliphatic rings. The van der Waals surface area contributed by atoms with Gasteiger partial charge in [-0.05, 0) is 6.92 Å². The van der Waals surface area contributed by atoms with Crippen LogP contribution in [0.25, 0.3) is 0 Å². The summed E-state index contributed by atoms with van der Waals surface area (Å²) in [6, 6.07) is -1.16. The lowest BCUT2D eigenvalue weighted by molar-refractivity contribution is -0.141. The Bertz CT molecular complexity index is 355. The van der Waals surface area contributed by atoms with E-state index in [1.165, 1.54) is 4.90 Å². The minimum Gasteiger partial charge on any atom is -0.480 e. The lowest BCUT2D eigenvalue weighted by atomic mass is 10.2. The summed E-state index contributed by atoms with van der Waals surface area (Å²) in [6.45, 7) is 3.54. The monoisotopic (exact) mass is 320 g/mol. The van der Waals surface area contributed by atoms with E-state index >= 15 is 0 Å². The van der Waals surface area contributed by atoms with Crippen molar-refractivity contribution in [3.8, 4) is 0 Å². The number of carbonyl (C=O) groups is 2. The first-order chi connectivity index (χ1) is 10.0.